The standard InChI is InChI=1S/C12H11NO7/c14-7-2-1-6(5-8(7)15)11(18)12(19)20-13-9(16)3-4-10(13)17/h1-2,5,11,14-15,18H,3-4H2. The number of phenolic OH excluding ortho intramolecular Hbond substituents is 2. The number of phenols is 2. The molecule has 0 bridgehead atoms. The Labute approximate surface area is 112 Å². The molecule has 2 rings (SSSR count). The fourth-order valence-electron chi connectivity index (χ4n) is 1.64. The van der Waals surface area contributed by atoms with Gasteiger partial charge in [-0.3, -0.25) is 9.59 Å². The lowest BCUT2D eigenvalue weighted by Gasteiger charge is -2.16. The van der Waals surface area contributed by atoms with Crippen LogP contribution in [0.3, 0.4) is 0 Å². The summed E-state index contributed by atoms with van der Waals surface area (Å²) in [6.45, 7) is 0. The molecule has 1 fully saturated rings. The molecular formula is C12H11NO7. The van der Waals surface area contributed by atoms with Crippen molar-refractivity contribution in [1.29, 1.82) is 0 Å². The van der Waals surface area contributed by atoms with Gasteiger partial charge in [-0.15, -0.1) is 5.06 Å². The van der Waals surface area contributed by atoms with E-state index in [1.807, 2.05) is 0 Å². The summed E-state index contributed by atoms with van der Waals surface area (Å²) in [6, 6.07) is 3.23. The monoisotopic (exact) mass is 281 g/mol. The van der Waals surface area contributed by atoms with Crippen LogP contribution in [0, 0.1) is 0 Å². The maximum Gasteiger partial charge on any atom is 0.365 e. The number of benzene rings is 1. The van der Waals surface area contributed by atoms with E-state index in [0.29, 0.717) is 5.06 Å². The van der Waals surface area contributed by atoms with Gasteiger partial charge in [-0.05, 0) is 17.7 Å². The Morgan fingerprint density at radius 2 is 1.75 bits per heavy atom. The zero-order chi connectivity index (χ0) is 14.9. The number of nitrogens with zero attached hydrogens (tertiary/aromatic N) is 1. The lowest BCUT2D eigenvalue weighted by atomic mass is 10.1. The molecule has 1 atom stereocenters. The first-order valence-electron chi connectivity index (χ1n) is 5.67. The normalized spacial score (nSPS) is 16.4. The van der Waals surface area contributed by atoms with Crippen LogP contribution in [0.5, 0.6) is 11.5 Å². The number of aliphatic hydroxyl groups is 1. The number of carbonyl (C=O) groups is 3. The number of hydrogen-bond acceptors (Lipinski definition) is 7. The van der Waals surface area contributed by atoms with Crippen LogP contribution in [0.15, 0.2) is 18.2 Å². The first-order valence-corrected chi connectivity index (χ1v) is 5.67. The highest BCUT2D eigenvalue weighted by molar-refractivity contribution is 6.01. The van der Waals surface area contributed by atoms with Crippen molar-refractivity contribution < 1.29 is 34.5 Å². The Balaban J connectivity index is 2.10. The lowest BCUT2D eigenvalue weighted by Crippen LogP contribution is -2.34. The van der Waals surface area contributed by atoms with Crippen molar-refractivity contribution in [2.24, 2.45) is 0 Å². The van der Waals surface area contributed by atoms with E-state index in [1.54, 1.807) is 0 Å². The predicted octanol–water partition coefficient (Wildman–Crippen LogP) is -0.262. The van der Waals surface area contributed by atoms with E-state index in [4.69, 9.17) is 5.11 Å². The van der Waals surface area contributed by atoms with Crippen LogP contribution >= 0.6 is 0 Å². The first kappa shape index (κ1) is 13.8. The molecule has 1 aromatic rings. The molecule has 1 saturated heterocycles. The molecule has 20 heavy (non-hydrogen) atoms. The van der Waals surface area contributed by atoms with E-state index in [2.05, 4.69) is 4.84 Å². The molecule has 1 aromatic carbocycles. The van der Waals surface area contributed by atoms with Crippen LogP contribution in [-0.2, 0) is 19.2 Å². The van der Waals surface area contributed by atoms with Gasteiger partial charge in [0.1, 0.15) is 0 Å². The number of amides is 2. The molecule has 106 valence electrons. The van der Waals surface area contributed by atoms with Crippen LogP contribution in [-0.4, -0.2) is 38.2 Å². The molecule has 1 heterocycles. The molecular weight excluding hydrogens is 270 g/mol. The second kappa shape index (κ2) is 5.17. The van der Waals surface area contributed by atoms with E-state index in [-0.39, 0.29) is 18.4 Å². The SMILES string of the molecule is O=C(ON1C(=O)CCC1=O)C(O)c1ccc(O)c(O)c1. The molecule has 0 saturated carbocycles. The highest BCUT2D eigenvalue weighted by Gasteiger charge is 2.34. The topological polar surface area (TPSA) is 124 Å². The predicted molar refractivity (Wildman–Crippen MR) is 61.9 cm³/mol. The maximum atomic E-state index is 11.6. The zero-order valence-electron chi connectivity index (χ0n) is 10.1. The second-order valence-electron chi connectivity index (χ2n) is 4.14. The van der Waals surface area contributed by atoms with E-state index in [0.717, 1.165) is 12.1 Å². The summed E-state index contributed by atoms with van der Waals surface area (Å²) in [5.41, 5.74) is -0.0515. The Morgan fingerprint density at radius 3 is 2.30 bits per heavy atom. The van der Waals surface area contributed by atoms with Crippen molar-refractivity contribution in [2.75, 3.05) is 0 Å². The second-order valence-corrected chi connectivity index (χ2v) is 4.14. The highest BCUT2D eigenvalue weighted by atomic mass is 16.7. The summed E-state index contributed by atoms with van der Waals surface area (Å²) in [4.78, 5) is 38.7. The van der Waals surface area contributed by atoms with Gasteiger partial charge < -0.3 is 20.2 Å². The molecule has 0 aromatic heterocycles. The average molecular weight is 281 g/mol. The molecule has 8 heteroatoms. The quantitative estimate of drug-likeness (QED) is 0.515. The van der Waals surface area contributed by atoms with Gasteiger partial charge in [0.15, 0.2) is 17.6 Å². The van der Waals surface area contributed by atoms with Crippen LogP contribution < -0.4 is 0 Å². The minimum absolute atomic E-state index is 0.0515. The average Bonchev–Trinajstić information content (AvgIpc) is 2.72. The lowest BCUT2D eigenvalue weighted by molar-refractivity contribution is -0.203. The Bertz CT molecular complexity index is 567. The zero-order valence-corrected chi connectivity index (χ0v) is 10.1. The fraction of sp³-hybridized carbons (Fsp3) is 0.250. The fourth-order valence-corrected chi connectivity index (χ4v) is 1.64. The van der Waals surface area contributed by atoms with Gasteiger partial charge in [0.05, 0.1) is 0 Å². The summed E-state index contributed by atoms with van der Waals surface area (Å²) < 4.78 is 0. The van der Waals surface area contributed by atoms with Crippen molar-refractivity contribution in [1.82, 2.24) is 5.06 Å². The molecule has 1 aliphatic heterocycles. The van der Waals surface area contributed by atoms with Crippen LogP contribution in [0.1, 0.15) is 24.5 Å². The third-order valence-electron chi connectivity index (χ3n) is 2.73. The van der Waals surface area contributed by atoms with Crippen LogP contribution in [0.2, 0.25) is 0 Å². The van der Waals surface area contributed by atoms with Gasteiger partial charge in [-0.25, -0.2) is 4.79 Å². The summed E-state index contributed by atoms with van der Waals surface area (Å²) in [6.07, 6.45) is -1.91. The summed E-state index contributed by atoms with van der Waals surface area (Å²) in [7, 11) is 0. The molecule has 0 aliphatic carbocycles. The molecule has 1 aliphatic rings. The number of aromatic hydroxyl groups is 2. The van der Waals surface area contributed by atoms with E-state index >= 15 is 0 Å². The number of rotatable bonds is 3. The number of carbonyl (C=O) groups excluding carboxylic acids is 3. The molecule has 0 spiro atoms. The summed E-state index contributed by atoms with van der Waals surface area (Å²) >= 11 is 0. The Morgan fingerprint density at radius 1 is 1.15 bits per heavy atom. The molecule has 1 unspecified atom stereocenters. The minimum Gasteiger partial charge on any atom is -0.504 e. The third kappa shape index (κ3) is 2.54. The van der Waals surface area contributed by atoms with Crippen molar-refractivity contribution in [3.05, 3.63) is 23.8 Å². The summed E-state index contributed by atoms with van der Waals surface area (Å²) in [5.74, 6) is -3.51. The number of imide groups is 1. The van der Waals surface area contributed by atoms with E-state index < -0.39 is 35.4 Å². The van der Waals surface area contributed by atoms with Gasteiger partial charge in [-0.1, -0.05) is 6.07 Å². The third-order valence-corrected chi connectivity index (χ3v) is 2.73. The smallest absolute Gasteiger partial charge is 0.365 e. The molecule has 3 N–H and O–H groups in total. The molecule has 8 nitrogen and oxygen atoms in total. The van der Waals surface area contributed by atoms with Crippen LogP contribution in [0.25, 0.3) is 0 Å². The van der Waals surface area contributed by atoms with Gasteiger partial charge >= 0.3 is 5.97 Å². The van der Waals surface area contributed by atoms with Gasteiger partial charge in [0.2, 0.25) is 0 Å². The Kier molecular flexibility index (Phi) is 3.57. The van der Waals surface area contributed by atoms with Crippen molar-refractivity contribution in [3.63, 3.8) is 0 Å². The van der Waals surface area contributed by atoms with Crippen molar-refractivity contribution in [3.8, 4) is 11.5 Å². The van der Waals surface area contributed by atoms with Crippen LogP contribution in [0.4, 0.5) is 0 Å². The van der Waals surface area contributed by atoms with Crippen molar-refractivity contribution >= 4 is 17.8 Å². The number of hydrogen-bond donors (Lipinski definition) is 3. The van der Waals surface area contributed by atoms with Gasteiger partial charge in [0, 0.05) is 12.8 Å². The maximum absolute atomic E-state index is 11.6. The van der Waals surface area contributed by atoms with Gasteiger partial charge in [0.25, 0.3) is 11.8 Å². The molecule has 2 amide bonds. The van der Waals surface area contributed by atoms with Gasteiger partial charge in [-0.2, -0.15) is 0 Å². The minimum atomic E-state index is -1.80. The Hall–Kier alpha value is -2.61. The number of hydroxylamine groups is 2. The first-order chi connectivity index (χ1) is 9.40. The van der Waals surface area contributed by atoms with Crippen molar-refractivity contribution in [2.45, 2.75) is 18.9 Å². The van der Waals surface area contributed by atoms with E-state index in [9.17, 15) is 24.6 Å². The number of aliphatic hydroxyl groups excluding tert-OH is 1. The van der Waals surface area contributed by atoms with E-state index in [1.165, 1.54) is 6.07 Å². The largest absolute Gasteiger partial charge is 0.504 e. The molecule has 0 radical (unpaired) electrons. The highest BCUT2D eigenvalue weighted by Crippen LogP contribution is 2.28. The summed E-state index contributed by atoms with van der Waals surface area (Å²) in [5, 5.41) is 28.4.